The Balaban J connectivity index is 1.46. The second-order valence-electron chi connectivity index (χ2n) is 7.17. The summed E-state index contributed by atoms with van der Waals surface area (Å²) in [7, 11) is 0. The van der Waals surface area contributed by atoms with E-state index in [0.29, 0.717) is 40.7 Å². The van der Waals surface area contributed by atoms with Crippen LogP contribution in [0.25, 0.3) is 22.5 Å². The van der Waals surface area contributed by atoms with E-state index in [4.69, 9.17) is 4.74 Å². The van der Waals surface area contributed by atoms with Crippen LogP contribution in [0.5, 0.6) is 11.5 Å². The summed E-state index contributed by atoms with van der Waals surface area (Å²) in [4.78, 5) is 16.3. The van der Waals surface area contributed by atoms with Gasteiger partial charge < -0.3 is 15.2 Å². The van der Waals surface area contributed by atoms with Crippen LogP contribution in [0.4, 0.5) is 4.79 Å². The van der Waals surface area contributed by atoms with Gasteiger partial charge in [-0.2, -0.15) is 0 Å². The molecule has 2 heterocycles. The zero-order valence-electron chi connectivity index (χ0n) is 15.8. The van der Waals surface area contributed by atoms with Crippen molar-refractivity contribution in [3.8, 4) is 34.0 Å². The van der Waals surface area contributed by atoms with Gasteiger partial charge in [-0.05, 0) is 53.5 Å². The Morgan fingerprint density at radius 3 is 2.79 bits per heavy atom. The summed E-state index contributed by atoms with van der Waals surface area (Å²) < 4.78 is 5.40. The van der Waals surface area contributed by atoms with Gasteiger partial charge in [-0.15, -0.1) is 5.10 Å². The third-order valence-electron chi connectivity index (χ3n) is 5.11. The third kappa shape index (κ3) is 4.68. The molecule has 3 aromatic rings. The molecule has 1 fully saturated rings. The maximum Gasteiger partial charge on any atom is 0.412 e. The van der Waals surface area contributed by atoms with Gasteiger partial charge in [0.05, 0.1) is 0 Å². The number of tetrazole rings is 1. The number of nitrogens with zero attached hydrogens (tertiary/aromatic N) is 4. The van der Waals surface area contributed by atoms with Crippen LogP contribution in [-0.4, -0.2) is 43.4 Å². The number of ether oxygens (including phenoxy) is 1. The lowest BCUT2D eigenvalue weighted by atomic mass is 9.89. The number of H-pyrrole nitrogens is 1. The molecule has 9 heteroatoms. The summed E-state index contributed by atoms with van der Waals surface area (Å²) in [5.74, 6) is 1.37. The van der Waals surface area contributed by atoms with E-state index in [0.717, 1.165) is 12.8 Å². The minimum atomic E-state index is -0.494. The molecule has 29 heavy (non-hydrogen) atoms. The Labute approximate surface area is 167 Å². The predicted octanol–water partition coefficient (Wildman–Crippen LogP) is 3.30. The standard InChI is InChI=1S/C20H22N6O3/c27-18-7-6-16(29-20(28)22-10-13-4-2-1-3-5-13)9-17(18)14-8-15(12-21-11-14)19-23-25-26-24-19/h6-9,11-13,27H,1-5,10H2,(H,22,28)(H,23,24,25,26). The Kier molecular flexibility index (Phi) is 5.64. The molecule has 1 aliphatic rings. The van der Waals surface area contributed by atoms with Crippen LogP contribution in [0.3, 0.4) is 0 Å². The number of aromatic hydroxyl groups is 1. The average molecular weight is 394 g/mol. The number of pyridine rings is 1. The molecule has 1 saturated carbocycles. The summed E-state index contributed by atoms with van der Waals surface area (Å²) in [5, 5.41) is 26.8. The minimum absolute atomic E-state index is 0.0506. The van der Waals surface area contributed by atoms with Crippen LogP contribution in [-0.2, 0) is 0 Å². The first kappa shape index (κ1) is 18.9. The average Bonchev–Trinajstić information content (AvgIpc) is 3.30. The van der Waals surface area contributed by atoms with Crippen molar-refractivity contribution >= 4 is 6.09 Å². The van der Waals surface area contributed by atoms with Crippen molar-refractivity contribution in [1.82, 2.24) is 30.9 Å². The highest BCUT2D eigenvalue weighted by Gasteiger charge is 2.16. The predicted molar refractivity (Wildman–Crippen MR) is 105 cm³/mol. The molecule has 0 unspecified atom stereocenters. The smallest absolute Gasteiger partial charge is 0.412 e. The fraction of sp³-hybridized carbons (Fsp3) is 0.350. The Morgan fingerprint density at radius 1 is 1.17 bits per heavy atom. The summed E-state index contributed by atoms with van der Waals surface area (Å²) in [6, 6.07) is 6.44. The molecule has 2 aromatic heterocycles. The number of benzene rings is 1. The van der Waals surface area contributed by atoms with E-state index < -0.39 is 6.09 Å². The molecule has 0 spiro atoms. The summed E-state index contributed by atoms with van der Waals surface area (Å²) >= 11 is 0. The number of phenols is 1. The molecular formula is C20H22N6O3. The number of aromatic amines is 1. The molecule has 150 valence electrons. The molecule has 1 aromatic carbocycles. The number of rotatable bonds is 5. The Morgan fingerprint density at radius 2 is 2.00 bits per heavy atom. The first-order chi connectivity index (χ1) is 14.2. The van der Waals surface area contributed by atoms with E-state index in [1.165, 1.54) is 25.3 Å². The number of nitrogens with one attached hydrogen (secondary N) is 2. The fourth-order valence-corrected chi connectivity index (χ4v) is 3.57. The lowest BCUT2D eigenvalue weighted by molar-refractivity contribution is 0.196. The van der Waals surface area contributed by atoms with Crippen molar-refractivity contribution in [3.05, 3.63) is 36.7 Å². The van der Waals surface area contributed by atoms with Gasteiger partial charge in [-0.3, -0.25) is 4.98 Å². The maximum atomic E-state index is 12.2. The Bertz CT molecular complexity index is 970. The molecule has 0 bridgehead atoms. The van der Waals surface area contributed by atoms with Crippen molar-refractivity contribution in [3.63, 3.8) is 0 Å². The van der Waals surface area contributed by atoms with E-state index in [2.05, 4.69) is 30.9 Å². The molecule has 1 aliphatic carbocycles. The zero-order valence-corrected chi connectivity index (χ0v) is 15.8. The molecule has 0 aliphatic heterocycles. The van der Waals surface area contributed by atoms with Crippen molar-refractivity contribution < 1.29 is 14.6 Å². The second kappa shape index (κ2) is 8.68. The SMILES string of the molecule is O=C(NCC1CCCCC1)Oc1ccc(O)c(-c2cncc(-c3nnn[nH]3)c2)c1. The highest BCUT2D eigenvalue weighted by molar-refractivity contribution is 5.76. The summed E-state index contributed by atoms with van der Waals surface area (Å²) in [6.07, 6.45) is 8.74. The highest BCUT2D eigenvalue weighted by Crippen LogP contribution is 2.33. The molecule has 0 atom stereocenters. The Hall–Kier alpha value is -3.49. The molecule has 0 radical (unpaired) electrons. The number of amides is 1. The highest BCUT2D eigenvalue weighted by atomic mass is 16.6. The molecule has 1 amide bonds. The van der Waals surface area contributed by atoms with Crippen molar-refractivity contribution in [2.75, 3.05) is 6.54 Å². The van der Waals surface area contributed by atoms with Crippen LogP contribution in [0, 0.1) is 5.92 Å². The van der Waals surface area contributed by atoms with Gasteiger partial charge in [-0.25, -0.2) is 9.89 Å². The second-order valence-corrected chi connectivity index (χ2v) is 7.17. The molecular weight excluding hydrogens is 372 g/mol. The van der Waals surface area contributed by atoms with Gasteiger partial charge in [0.2, 0.25) is 0 Å². The van der Waals surface area contributed by atoms with Gasteiger partial charge in [0.25, 0.3) is 0 Å². The monoisotopic (exact) mass is 394 g/mol. The quantitative estimate of drug-likeness (QED) is 0.606. The van der Waals surface area contributed by atoms with Crippen LogP contribution < -0.4 is 10.1 Å². The molecule has 3 N–H and O–H groups in total. The molecule has 0 saturated heterocycles. The van der Waals surface area contributed by atoms with Crippen LogP contribution in [0.1, 0.15) is 32.1 Å². The van der Waals surface area contributed by atoms with E-state index in [-0.39, 0.29) is 5.75 Å². The zero-order chi connectivity index (χ0) is 20.1. The first-order valence-corrected chi connectivity index (χ1v) is 9.67. The van der Waals surface area contributed by atoms with Gasteiger partial charge in [0.1, 0.15) is 11.5 Å². The van der Waals surface area contributed by atoms with Crippen molar-refractivity contribution in [2.45, 2.75) is 32.1 Å². The molecule has 4 rings (SSSR count). The van der Waals surface area contributed by atoms with Gasteiger partial charge >= 0.3 is 6.09 Å². The van der Waals surface area contributed by atoms with Gasteiger partial charge in [0, 0.05) is 35.6 Å². The number of aromatic nitrogens is 5. The number of phenolic OH excluding ortho intramolecular Hbond substituents is 1. The maximum absolute atomic E-state index is 12.2. The summed E-state index contributed by atoms with van der Waals surface area (Å²) in [5.41, 5.74) is 1.80. The largest absolute Gasteiger partial charge is 0.507 e. The van der Waals surface area contributed by atoms with E-state index in [9.17, 15) is 9.90 Å². The van der Waals surface area contributed by atoms with E-state index in [1.807, 2.05) is 0 Å². The van der Waals surface area contributed by atoms with Crippen LogP contribution >= 0.6 is 0 Å². The number of carbonyl (C=O) groups excluding carboxylic acids is 1. The number of carbonyl (C=O) groups is 1. The lowest BCUT2D eigenvalue weighted by Crippen LogP contribution is -2.32. The molecule has 9 nitrogen and oxygen atoms in total. The fourth-order valence-electron chi connectivity index (χ4n) is 3.57. The summed E-state index contributed by atoms with van der Waals surface area (Å²) in [6.45, 7) is 0.626. The topological polar surface area (TPSA) is 126 Å². The van der Waals surface area contributed by atoms with Crippen LogP contribution in [0.2, 0.25) is 0 Å². The van der Waals surface area contributed by atoms with Crippen molar-refractivity contribution in [2.24, 2.45) is 5.92 Å². The van der Waals surface area contributed by atoms with E-state index in [1.54, 1.807) is 30.6 Å². The van der Waals surface area contributed by atoms with E-state index >= 15 is 0 Å². The normalized spacial score (nSPS) is 14.5. The first-order valence-electron chi connectivity index (χ1n) is 9.67. The minimum Gasteiger partial charge on any atom is -0.507 e. The van der Waals surface area contributed by atoms with Crippen molar-refractivity contribution in [1.29, 1.82) is 0 Å². The number of hydrogen-bond donors (Lipinski definition) is 3. The van der Waals surface area contributed by atoms with Crippen LogP contribution in [0.15, 0.2) is 36.7 Å². The van der Waals surface area contributed by atoms with Gasteiger partial charge in [0.15, 0.2) is 5.82 Å². The number of hydrogen-bond acceptors (Lipinski definition) is 7. The third-order valence-corrected chi connectivity index (χ3v) is 5.11. The van der Waals surface area contributed by atoms with Gasteiger partial charge in [-0.1, -0.05) is 19.3 Å². The lowest BCUT2D eigenvalue weighted by Gasteiger charge is -2.21.